The number of esters is 1. The first kappa shape index (κ1) is 14.1. The fraction of sp³-hybridized carbons (Fsp3) is 0.250. The molecule has 1 aliphatic carbocycles. The van der Waals surface area contributed by atoms with Crippen molar-refractivity contribution in [2.45, 2.75) is 19.3 Å². The second-order valence-electron chi connectivity index (χ2n) is 6.21. The van der Waals surface area contributed by atoms with Gasteiger partial charge in [0.05, 0.1) is 13.0 Å². The van der Waals surface area contributed by atoms with E-state index < -0.39 is 0 Å². The Labute approximate surface area is 134 Å². The Bertz CT molecular complexity index is 927. The molecule has 1 atom stereocenters. The number of rotatable bonds is 1. The lowest BCUT2D eigenvalue weighted by molar-refractivity contribution is -0.145. The summed E-state index contributed by atoms with van der Waals surface area (Å²) < 4.78 is 4.92. The standard InChI is InChI=1S/C20H18O3/c1-23-20(22)14-7-6-13-11-18(21)19-15-5-3-2-4-12(15)8-9-16(19)17(13)10-14/h2-5,8-9,11,14,21H,6-7,10H2,1H3. The summed E-state index contributed by atoms with van der Waals surface area (Å²) in [5.41, 5.74) is 2.32. The number of methoxy groups -OCH3 is 1. The van der Waals surface area contributed by atoms with Crippen molar-refractivity contribution in [2.24, 2.45) is 5.92 Å². The van der Waals surface area contributed by atoms with Gasteiger partial charge in [-0.1, -0.05) is 36.4 Å². The summed E-state index contributed by atoms with van der Waals surface area (Å²) >= 11 is 0. The third-order valence-electron chi connectivity index (χ3n) is 4.96. The fourth-order valence-electron chi connectivity index (χ4n) is 3.81. The zero-order chi connectivity index (χ0) is 16.0. The number of fused-ring (bicyclic) bond motifs is 5. The lowest BCUT2D eigenvalue weighted by Crippen LogP contribution is -2.23. The van der Waals surface area contributed by atoms with E-state index in [4.69, 9.17) is 4.74 Å². The second kappa shape index (κ2) is 5.27. The molecule has 0 saturated carbocycles. The van der Waals surface area contributed by atoms with Gasteiger partial charge in [-0.2, -0.15) is 0 Å². The molecule has 0 saturated heterocycles. The van der Waals surface area contributed by atoms with Crippen molar-refractivity contribution in [1.29, 1.82) is 0 Å². The Morgan fingerprint density at radius 1 is 1.17 bits per heavy atom. The molecule has 0 heterocycles. The van der Waals surface area contributed by atoms with Gasteiger partial charge < -0.3 is 9.84 Å². The van der Waals surface area contributed by atoms with Crippen LogP contribution in [0.2, 0.25) is 0 Å². The first-order valence-corrected chi connectivity index (χ1v) is 7.92. The normalized spacial score (nSPS) is 17.2. The van der Waals surface area contributed by atoms with Gasteiger partial charge in [0.1, 0.15) is 5.75 Å². The van der Waals surface area contributed by atoms with E-state index in [2.05, 4.69) is 12.1 Å². The highest BCUT2D eigenvalue weighted by atomic mass is 16.5. The average Bonchev–Trinajstić information content (AvgIpc) is 2.60. The van der Waals surface area contributed by atoms with Gasteiger partial charge in [-0.15, -0.1) is 0 Å². The maximum absolute atomic E-state index is 11.9. The monoisotopic (exact) mass is 306 g/mol. The molecular weight excluding hydrogens is 288 g/mol. The molecular formula is C20H18O3. The van der Waals surface area contributed by atoms with Gasteiger partial charge in [0.15, 0.2) is 0 Å². The molecule has 1 N–H and O–H groups in total. The summed E-state index contributed by atoms with van der Waals surface area (Å²) in [6.07, 6.45) is 2.25. The summed E-state index contributed by atoms with van der Waals surface area (Å²) in [4.78, 5) is 11.9. The molecule has 1 aliphatic rings. The van der Waals surface area contributed by atoms with Crippen molar-refractivity contribution in [3.8, 4) is 5.75 Å². The van der Waals surface area contributed by atoms with Crippen molar-refractivity contribution in [3.63, 3.8) is 0 Å². The number of aromatic hydroxyl groups is 1. The van der Waals surface area contributed by atoms with Crippen molar-refractivity contribution >= 4 is 27.5 Å². The van der Waals surface area contributed by atoms with Crippen LogP contribution in [0.3, 0.4) is 0 Å². The summed E-state index contributed by atoms with van der Waals surface area (Å²) in [6, 6.07) is 14.1. The number of benzene rings is 3. The lowest BCUT2D eigenvalue weighted by Gasteiger charge is -2.25. The third-order valence-corrected chi connectivity index (χ3v) is 4.96. The quantitative estimate of drug-likeness (QED) is 0.546. The molecule has 0 aliphatic heterocycles. The topological polar surface area (TPSA) is 46.5 Å². The minimum absolute atomic E-state index is 0.0910. The number of carbonyl (C=O) groups is 1. The van der Waals surface area contributed by atoms with E-state index in [1.165, 1.54) is 12.7 Å². The van der Waals surface area contributed by atoms with Crippen molar-refractivity contribution in [3.05, 3.63) is 53.6 Å². The van der Waals surface area contributed by atoms with Crippen LogP contribution >= 0.6 is 0 Å². The molecule has 3 aromatic rings. The fourth-order valence-corrected chi connectivity index (χ4v) is 3.81. The Balaban J connectivity index is 1.98. The van der Waals surface area contributed by atoms with Crippen molar-refractivity contribution in [2.75, 3.05) is 7.11 Å². The molecule has 0 amide bonds. The smallest absolute Gasteiger partial charge is 0.309 e. The highest BCUT2D eigenvalue weighted by Crippen LogP contribution is 2.40. The number of carbonyl (C=O) groups excluding carboxylic acids is 1. The molecule has 0 aromatic heterocycles. The Hall–Kier alpha value is -2.55. The van der Waals surface area contributed by atoms with Gasteiger partial charge in [-0.3, -0.25) is 4.79 Å². The molecule has 1 unspecified atom stereocenters. The summed E-state index contributed by atoms with van der Waals surface area (Å²) in [5.74, 6) is 0.0939. The minimum Gasteiger partial charge on any atom is -0.507 e. The van der Waals surface area contributed by atoms with Crippen LogP contribution in [0.4, 0.5) is 0 Å². The molecule has 0 spiro atoms. The molecule has 3 heteroatoms. The first-order chi connectivity index (χ1) is 11.2. The molecule has 0 radical (unpaired) electrons. The van der Waals surface area contributed by atoms with Gasteiger partial charge in [-0.25, -0.2) is 0 Å². The van der Waals surface area contributed by atoms with Gasteiger partial charge in [-0.05, 0) is 52.6 Å². The van der Waals surface area contributed by atoms with E-state index in [-0.39, 0.29) is 11.9 Å². The van der Waals surface area contributed by atoms with Crippen LogP contribution in [0.25, 0.3) is 21.5 Å². The van der Waals surface area contributed by atoms with E-state index in [0.717, 1.165) is 39.9 Å². The molecule has 3 aromatic carbocycles. The van der Waals surface area contributed by atoms with E-state index in [1.807, 2.05) is 30.3 Å². The first-order valence-electron chi connectivity index (χ1n) is 7.92. The maximum Gasteiger partial charge on any atom is 0.309 e. The number of phenols is 1. The van der Waals surface area contributed by atoms with Gasteiger partial charge in [0, 0.05) is 5.39 Å². The largest absolute Gasteiger partial charge is 0.507 e. The molecule has 0 bridgehead atoms. The Morgan fingerprint density at radius 3 is 2.83 bits per heavy atom. The third kappa shape index (κ3) is 2.15. The van der Waals surface area contributed by atoms with E-state index in [9.17, 15) is 9.90 Å². The maximum atomic E-state index is 11.9. The predicted molar refractivity (Wildman–Crippen MR) is 90.6 cm³/mol. The SMILES string of the molecule is COC(=O)C1CCc2cc(O)c3c(ccc4ccccc43)c2C1. The number of hydrogen-bond acceptors (Lipinski definition) is 3. The highest BCUT2D eigenvalue weighted by Gasteiger charge is 2.27. The number of phenolic OH excluding ortho intramolecular Hbond substituents is 1. The van der Waals surface area contributed by atoms with E-state index in [0.29, 0.717) is 12.2 Å². The van der Waals surface area contributed by atoms with Crippen molar-refractivity contribution in [1.82, 2.24) is 0 Å². The number of aryl methyl sites for hydroxylation is 1. The minimum atomic E-state index is -0.141. The Morgan fingerprint density at radius 2 is 2.00 bits per heavy atom. The molecule has 4 rings (SSSR count). The lowest BCUT2D eigenvalue weighted by atomic mass is 9.80. The zero-order valence-electron chi connectivity index (χ0n) is 13.0. The van der Waals surface area contributed by atoms with E-state index >= 15 is 0 Å². The molecule has 0 fully saturated rings. The second-order valence-corrected chi connectivity index (χ2v) is 6.21. The average molecular weight is 306 g/mol. The molecule has 23 heavy (non-hydrogen) atoms. The van der Waals surface area contributed by atoms with Crippen LogP contribution in [-0.2, 0) is 22.4 Å². The number of hydrogen-bond donors (Lipinski definition) is 1. The number of ether oxygens (including phenoxy) is 1. The molecule has 116 valence electrons. The summed E-state index contributed by atoms with van der Waals surface area (Å²) in [7, 11) is 1.44. The van der Waals surface area contributed by atoms with Gasteiger partial charge in [0.2, 0.25) is 0 Å². The van der Waals surface area contributed by atoms with Crippen LogP contribution < -0.4 is 0 Å². The van der Waals surface area contributed by atoms with E-state index in [1.54, 1.807) is 0 Å². The summed E-state index contributed by atoms with van der Waals surface area (Å²) in [6.45, 7) is 0. The molecule has 3 nitrogen and oxygen atoms in total. The van der Waals surface area contributed by atoms with Crippen LogP contribution in [0.1, 0.15) is 17.5 Å². The van der Waals surface area contributed by atoms with Crippen LogP contribution in [0.5, 0.6) is 5.75 Å². The van der Waals surface area contributed by atoms with Crippen LogP contribution in [-0.4, -0.2) is 18.2 Å². The summed E-state index contributed by atoms with van der Waals surface area (Å²) in [5, 5.41) is 14.6. The van der Waals surface area contributed by atoms with Gasteiger partial charge >= 0.3 is 5.97 Å². The predicted octanol–water partition coefficient (Wildman–Crippen LogP) is 3.98. The van der Waals surface area contributed by atoms with Gasteiger partial charge in [0.25, 0.3) is 0 Å². The highest BCUT2D eigenvalue weighted by molar-refractivity contribution is 6.11. The Kier molecular flexibility index (Phi) is 3.22. The van der Waals surface area contributed by atoms with Crippen LogP contribution in [0, 0.1) is 5.92 Å². The van der Waals surface area contributed by atoms with Crippen molar-refractivity contribution < 1.29 is 14.6 Å². The zero-order valence-corrected chi connectivity index (χ0v) is 13.0. The van der Waals surface area contributed by atoms with Crippen LogP contribution in [0.15, 0.2) is 42.5 Å².